The Bertz CT molecular complexity index is 406. The van der Waals surface area contributed by atoms with Crippen molar-refractivity contribution in [1.82, 2.24) is 9.97 Å². The SMILES string of the molecule is CCCNc1nc(C)cc(NC(C)CC(F)(F)F)n1. The fraction of sp³-hybridized carbons (Fsp3) is 0.667. The van der Waals surface area contributed by atoms with Crippen molar-refractivity contribution >= 4 is 11.8 Å². The molecule has 108 valence electrons. The molecule has 1 unspecified atom stereocenters. The fourth-order valence-electron chi connectivity index (χ4n) is 1.61. The fourth-order valence-corrected chi connectivity index (χ4v) is 1.61. The Balaban J connectivity index is 2.69. The summed E-state index contributed by atoms with van der Waals surface area (Å²) in [6.45, 7) is 5.98. The maximum Gasteiger partial charge on any atom is 0.391 e. The number of anilines is 2. The second-order valence-corrected chi connectivity index (χ2v) is 4.51. The van der Waals surface area contributed by atoms with E-state index in [2.05, 4.69) is 20.6 Å². The van der Waals surface area contributed by atoms with E-state index in [1.807, 2.05) is 6.92 Å². The number of nitrogens with zero attached hydrogens (tertiary/aromatic N) is 2. The predicted octanol–water partition coefficient (Wildman–Crippen LogP) is 3.36. The van der Waals surface area contributed by atoms with Gasteiger partial charge in [-0.1, -0.05) is 6.92 Å². The summed E-state index contributed by atoms with van der Waals surface area (Å²) in [5.74, 6) is 0.839. The van der Waals surface area contributed by atoms with Crippen LogP contribution >= 0.6 is 0 Å². The molecule has 1 heterocycles. The quantitative estimate of drug-likeness (QED) is 0.836. The molecule has 1 atom stereocenters. The summed E-state index contributed by atoms with van der Waals surface area (Å²) in [6, 6.07) is 0.901. The largest absolute Gasteiger partial charge is 0.391 e. The van der Waals surface area contributed by atoms with Crippen molar-refractivity contribution in [3.05, 3.63) is 11.8 Å². The minimum atomic E-state index is -4.18. The minimum Gasteiger partial charge on any atom is -0.367 e. The first-order valence-electron chi connectivity index (χ1n) is 6.23. The van der Waals surface area contributed by atoms with Crippen LogP contribution in [0.3, 0.4) is 0 Å². The summed E-state index contributed by atoms with van der Waals surface area (Å²) < 4.78 is 36.7. The van der Waals surface area contributed by atoms with Gasteiger partial charge in [-0.15, -0.1) is 0 Å². The monoisotopic (exact) mass is 276 g/mol. The van der Waals surface area contributed by atoms with E-state index in [0.717, 1.165) is 13.0 Å². The molecule has 0 aliphatic carbocycles. The van der Waals surface area contributed by atoms with Gasteiger partial charge in [0, 0.05) is 24.3 Å². The minimum absolute atomic E-state index is 0.405. The smallest absolute Gasteiger partial charge is 0.367 e. The van der Waals surface area contributed by atoms with Gasteiger partial charge in [-0.05, 0) is 20.3 Å². The Labute approximate surface area is 110 Å². The van der Waals surface area contributed by atoms with Crippen LogP contribution in [0.25, 0.3) is 0 Å². The molecule has 0 radical (unpaired) electrons. The molecule has 0 bridgehead atoms. The number of alkyl halides is 3. The second kappa shape index (κ2) is 6.58. The molecule has 1 aromatic rings. The van der Waals surface area contributed by atoms with Crippen LogP contribution in [0.2, 0.25) is 0 Å². The van der Waals surface area contributed by atoms with E-state index in [9.17, 15) is 13.2 Å². The lowest BCUT2D eigenvalue weighted by Gasteiger charge is -2.17. The van der Waals surface area contributed by atoms with Crippen LogP contribution in [-0.2, 0) is 0 Å². The molecule has 0 aliphatic rings. The molecule has 7 heteroatoms. The van der Waals surface area contributed by atoms with Crippen molar-refractivity contribution in [2.75, 3.05) is 17.2 Å². The first kappa shape index (κ1) is 15.5. The highest BCUT2D eigenvalue weighted by molar-refractivity contribution is 5.42. The number of aryl methyl sites for hydroxylation is 1. The van der Waals surface area contributed by atoms with Crippen LogP contribution in [0.15, 0.2) is 6.07 Å². The normalized spacial score (nSPS) is 13.2. The lowest BCUT2D eigenvalue weighted by atomic mass is 10.2. The topological polar surface area (TPSA) is 49.8 Å². The van der Waals surface area contributed by atoms with E-state index in [-0.39, 0.29) is 0 Å². The number of nitrogens with one attached hydrogen (secondary N) is 2. The van der Waals surface area contributed by atoms with Crippen LogP contribution in [0.5, 0.6) is 0 Å². The molecule has 0 saturated carbocycles. The zero-order chi connectivity index (χ0) is 14.5. The number of aromatic nitrogens is 2. The van der Waals surface area contributed by atoms with Crippen LogP contribution < -0.4 is 10.6 Å². The molecular formula is C12H19F3N4. The summed E-state index contributed by atoms with van der Waals surface area (Å²) in [4.78, 5) is 8.31. The molecule has 0 aliphatic heterocycles. The lowest BCUT2D eigenvalue weighted by molar-refractivity contribution is -0.136. The Morgan fingerprint density at radius 3 is 2.58 bits per heavy atom. The third-order valence-corrected chi connectivity index (χ3v) is 2.32. The molecule has 19 heavy (non-hydrogen) atoms. The van der Waals surface area contributed by atoms with Gasteiger partial charge < -0.3 is 10.6 Å². The van der Waals surface area contributed by atoms with Gasteiger partial charge in [0.1, 0.15) is 5.82 Å². The van der Waals surface area contributed by atoms with Crippen molar-refractivity contribution < 1.29 is 13.2 Å². The zero-order valence-electron chi connectivity index (χ0n) is 11.3. The van der Waals surface area contributed by atoms with Gasteiger partial charge in [-0.3, -0.25) is 0 Å². The van der Waals surface area contributed by atoms with Crippen LogP contribution in [0, 0.1) is 6.92 Å². The van der Waals surface area contributed by atoms with Gasteiger partial charge in [0.15, 0.2) is 0 Å². The van der Waals surface area contributed by atoms with Crippen molar-refractivity contribution in [1.29, 1.82) is 0 Å². The third-order valence-electron chi connectivity index (χ3n) is 2.32. The second-order valence-electron chi connectivity index (χ2n) is 4.51. The number of rotatable bonds is 6. The van der Waals surface area contributed by atoms with E-state index in [1.165, 1.54) is 6.92 Å². The van der Waals surface area contributed by atoms with Crippen molar-refractivity contribution in [3.8, 4) is 0 Å². The standard InChI is InChI=1S/C12H19F3N4/c1-4-5-16-11-18-8(2)6-10(19-11)17-9(3)7-12(13,14)15/h6,9H,4-5,7H2,1-3H3,(H2,16,17,18,19). The Morgan fingerprint density at radius 1 is 1.32 bits per heavy atom. The van der Waals surface area contributed by atoms with Crippen molar-refractivity contribution in [2.24, 2.45) is 0 Å². The Morgan fingerprint density at radius 2 is 2.00 bits per heavy atom. The summed E-state index contributed by atoms with van der Waals surface area (Å²) in [5.41, 5.74) is 0.704. The summed E-state index contributed by atoms with van der Waals surface area (Å²) >= 11 is 0. The summed E-state index contributed by atoms with van der Waals surface area (Å²) in [7, 11) is 0. The summed E-state index contributed by atoms with van der Waals surface area (Å²) in [6.07, 6.45) is -4.16. The van der Waals surface area contributed by atoms with Crippen molar-refractivity contribution in [2.45, 2.75) is 45.8 Å². The molecule has 0 spiro atoms. The van der Waals surface area contributed by atoms with Crippen LogP contribution in [0.1, 0.15) is 32.4 Å². The van der Waals surface area contributed by atoms with Gasteiger partial charge in [-0.2, -0.15) is 18.2 Å². The van der Waals surface area contributed by atoms with E-state index in [0.29, 0.717) is 17.5 Å². The van der Waals surface area contributed by atoms with Gasteiger partial charge in [0.25, 0.3) is 0 Å². The van der Waals surface area contributed by atoms with Gasteiger partial charge in [0.2, 0.25) is 5.95 Å². The Kier molecular flexibility index (Phi) is 5.38. The van der Waals surface area contributed by atoms with E-state index in [1.54, 1.807) is 13.0 Å². The molecule has 2 N–H and O–H groups in total. The highest BCUT2D eigenvalue weighted by Crippen LogP contribution is 2.23. The molecular weight excluding hydrogens is 257 g/mol. The van der Waals surface area contributed by atoms with Crippen LogP contribution in [-0.4, -0.2) is 28.7 Å². The molecule has 0 fully saturated rings. The molecule has 4 nitrogen and oxygen atoms in total. The first-order valence-corrected chi connectivity index (χ1v) is 6.23. The third kappa shape index (κ3) is 6.26. The average molecular weight is 276 g/mol. The number of hydrogen-bond acceptors (Lipinski definition) is 4. The predicted molar refractivity (Wildman–Crippen MR) is 69.3 cm³/mol. The first-order chi connectivity index (χ1) is 8.80. The van der Waals surface area contributed by atoms with Crippen molar-refractivity contribution in [3.63, 3.8) is 0 Å². The highest BCUT2D eigenvalue weighted by Gasteiger charge is 2.30. The highest BCUT2D eigenvalue weighted by atomic mass is 19.4. The molecule has 1 aromatic heterocycles. The average Bonchev–Trinajstić information content (AvgIpc) is 2.22. The Hall–Kier alpha value is -1.53. The van der Waals surface area contributed by atoms with Gasteiger partial charge in [-0.25, -0.2) is 4.98 Å². The number of halogens is 3. The zero-order valence-corrected chi connectivity index (χ0v) is 11.3. The molecule has 0 saturated heterocycles. The van der Waals surface area contributed by atoms with Gasteiger partial charge >= 0.3 is 6.18 Å². The van der Waals surface area contributed by atoms with E-state index < -0.39 is 18.6 Å². The van der Waals surface area contributed by atoms with Gasteiger partial charge in [0.05, 0.1) is 6.42 Å². The van der Waals surface area contributed by atoms with E-state index >= 15 is 0 Å². The molecule has 0 aromatic carbocycles. The maximum atomic E-state index is 12.2. The van der Waals surface area contributed by atoms with E-state index in [4.69, 9.17) is 0 Å². The lowest BCUT2D eigenvalue weighted by Crippen LogP contribution is -2.24. The van der Waals surface area contributed by atoms with Crippen LogP contribution in [0.4, 0.5) is 24.9 Å². The number of hydrogen-bond donors (Lipinski definition) is 2. The molecule has 1 rings (SSSR count). The molecule has 0 amide bonds. The maximum absolute atomic E-state index is 12.2. The summed E-state index contributed by atoms with van der Waals surface area (Å²) in [5, 5.41) is 5.76.